The molecule has 0 aromatic heterocycles. The molecular weight excluding hydrogens is 313 g/mol. The highest BCUT2D eigenvalue weighted by atomic mass is 19.4. The molecule has 0 aromatic rings. The van der Waals surface area contributed by atoms with Gasteiger partial charge < -0.3 is 9.47 Å². The van der Waals surface area contributed by atoms with Crippen molar-refractivity contribution in [1.82, 2.24) is 0 Å². The van der Waals surface area contributed by atoms with Crippen molar-refractivity contribution in [3.8, 4) is 0 Å². The topological polar surface area (TPSA) is 52.6 Å². The van der Waals surface area contributed by atoms with Gasteiger partial charge in [0.2, 0.25) is 0 Å². The number of hydrogen-bond acceptors (Lipinski definition) is 4. The number of halogens is 3. The summed E-state index contributed by atoms with van der Waals surface area (Å²) >= 11 is 0. The van der Waals surface area contributed by atoms with E-state index in [9.17, 15) is 22.8 Å². The average Bonchev–Trinajstić information content (AvgIpc) is 2.91. The van der Waals surface area contributed by atoms with Gasteiger partial charge in [-0.05, 0) is 52.4 Å². The summed E-state index contributed by atoms with van der Waals surface area (Å²) in [6.45, 7) is 3.88. The molecule has 0 aliphatic heterocycles. The highest BCUT2D eigenvalue weighted by molar-refractivity contribution is 5.76. The smallest absolute Gasteiger partial charge is 0.422 e. The summed E-state index contributed by atoms with van der Waals surface area (Å²) in [7, 11) is 0. The Balaban J connectivity index is 2.58. The SMILES string of the molecule is CCC(C)(C)C(=O)OC1(CCC(=O)OCC(F)(F)F)CCCC1. The Morgan fingerprint density at radius 1 is 1.13 bits per heavy atom. The van der Waals surface area contributed by atoms with Crippen LogP contribution in [0.25, 0.3) is 0 Å². The fourth-order valence-electron chi connectivity index (χ4n) is 2.47. The van der Waals surface area contributed by atoms with Crippen LogP contribution in [0.4, 0.5) is 13.2 Å². The summed E-state index contributed by atoms with van der Waals surface area (Å²) in [4.78, 5) is 23.7. The highest BCUT2D eigenvalue weighted by Gasteiger charge is 2.41. The molecular formula is C16H25F3O4. The molecule has 4 nitrogen and oxygen atoms in total. The summed E-state index contributed by atoms with van der Waals surface area (Å²) in [6.07, 6.45) is -0.885. The third-order valence-electron chi connectivity index (χ3n) is 4.44. The van der Waals surface area contributed by atoms with E-state index in [1.807, 2.05) is 6.92 Å². The van der Waals surface area contributed by atoms with Gasteiger partial charge in [0.05, 0.1) is 5.41 Å². The number of ether oxygens (including phenoxy) is 2. The number of rotatable bonds is 7. The molecule has 1 fully saturated rings. The molecule has 0 aromatic carbocycles. The molecule has 23 heavy (non-hydrogen) atoms. The van der Waals surface area contributed by atoms with Gasteiger partial charge in [-0.15, -0.1) is 0 Å². The maximum atomic E-state index is 12.3. The zero-order valence-electron chi connectivity index (χ0n) is 13.9. The fraction of sp³-hybridized carbons (Fsp3) is 0.875. The lowest BCUT2D eigenvalue weighted by Crippen LogP contribution is -2.38. The van der Waals surface area contributed by atoms with E-state index in [1.165, 1.54) is 0 Å². The quantitative estimate of drug-likeness (QED) is 0.654. The standard InChI is InChI=1S/C16H25F3O4/c1-4-14(2,3)13(21)23-15(8-5-6-9-15)10-7-12(20)22-11-16(17,18)19/h4-11H2,1-3H3. The lowest BCUT2D eigenvalue weighted by Gasteiger charge is -2.33. The maximum absolute atomic E-state index is 12.3. The molecule has 1 saturated carbocycles. The first-order valence-corrected chi connectivity index (χ1v) is 7.95. The molecule has 7 heteroatoms. The van der Waals surface area contributed by atoms with Crippen LogP contribution in [-0.2, 0) is 19.1 Å². The summed E-state index contributed by atoms with van der Waals surface area (Å²) in [5, 5.41) is 0. The van der Waals surface area contributed by atoms with Crippen molar-refractivity contribution in [3.63, 3.8) is 0 Å². The van der Waals surface area contributed by atoms with E-state index in [4.69, 9.17) is 4.74 Å². The zero-order valence-corrected chi connectivity index (χ0v) is 13.9. The summed E-state index contributed by atoms with van der Waals surface area (Å²) in [5.41, 5.74) is -1.37. The second-order valence-electron chi connectivity index (χ2n) is 6.79. The molecule has 134 valence electrons. The van der Waals surface area contributed by atoms with Crippen molar-refractivity contribution in [1.29, 1.82) is 0 Å². The normalized spacial score (nSPS) is 17.8. The first-order valence-electron chi connectivity index (χ1n) is 7.95. The van der Waals surface area contributed by atoms with Gasteiger partial charge in [-0.1, -0.05) is 6.92 Å². The van der Waals surface area contributed by atoms with E-state index >= 15 is 0 Å². The van der Waals surface area contributed by atoms with Crippen LogP contribution in [0.1, 0.15) is 65.7 Å². The van der Waals surface area contributed by atoms with Gasteiger partial charge in [-0.25, -0.2) is 0 Å². The molecule has 0 saturated heterocycles. The Morgan fingerprint density at radius 2 is 1.70 bits per heavy atom. The Bertz CT molecular complexity index is 424. The van der Waals surface area contributed by atoms with Crippen molar-refractivity contribution in [2.24, 2.45) is 5.41 Å². The monoisotopic (exact) mass is 338 g/mol. The average molecular weight is 338 g/mol. The molecule has 0 heterocycles. The van der Waals surface area contributed by atoms with Crippen LogP contribution >= 0.6 is 0 Å². The van der Waals surface area contributed by atoms with Gasteiger partial charge >= 0.3 is 18.1 Å². The van der Waals surface area contributed by atoms with Crippen LogP contribution in [-0.4, -0.2) is 30.3 Å². The van der Waals surface area contributed by atoms with Crippen LogP contribution in [0, 0.1) is 5.41 Å². The Hall–Kier alpha value is -1.27. The molecule has 1 aliphatic carbocycles. The van der Waals surface area contributed by atoms with Gasteiger partial charge in [0, 0.05) is 6.42 Å². The van der Waals surface area contributed by atoms with E-state index in [-0.39, 0.29) is 18.8 Å². The summed E-state index contributed by atoms with van der Waals surface area (Å²) < 4.78 is 46.0. The molecule has 0 spiro atoms. The van der Waals surface area contributed by atoms with E-state index in [0.29, 0.717) is 19.3 Å². The molecule has 0 bridgehead atoms. The number of alkyl halides is 3. The van der Waals surface area contributed by atoms with Gasteiger partial charge in [-0.2, -0.15) is 13.2 Å². The minimum absolute atomic E-state index is 0.185. The van der Waals surface area contributed by atoms with Crippen molar-refractivity contribution in [3.05, 3.63) is 0 Å². The molecule has 0 N–H and O–H groups in total. The fourth-order valence-corrected chi connectivity index (χ4v) is 2.47. The minimum Gasteiger partial charge on any atom is -0.459 e. The number of esters is 2. The van der Waals surface area contributed by atoms with Crippen molar-refractivity contribution in [2.75, 3.05) is 6.61 Å². The Labute approximate surface area is 134 Å². The maximum Gasteiger partial charge on any atom is 0.422 e. The predicted octanol–water partition coefficient (Wildman–Crippen LogP) is 4.16. The van der Waals surface area contributed by atoms with Crippen LogP contribution in [0.15, 0.2) is 0 Å². The third-order valence-corrected chi connectivity index (χ3v) is 4.44. The van der Waals surface area contributed by atoms with Crippen LogP contribution in [0.5, 0.6) is 0 Å². The number of hydrogen-bond donors (Lipinski definition) is 0. The molecule has 1 aliphatic rings. The second kappa shape index (κ2) is 7.53. The van der Waals surface area contributed by atoms with Crippen molar-refractivity contribution >= 4 is 11.9 Å². The molecule has 0 amide bonds. The lowest BCUT2D eigenvalue weighted by molar-refractivity contribution is -0.188. The first kappa shape index (κ1) is 19.8. The molecule has 0 atom stereocenters. The van der Waals surface area contributed by atoms with Gasteiger partial charge in [-0.3, -0.25) is 9.59 Å². The van der Waals surface area contributed by atoms with E-state index < -0.39 is 29.8 Å². The Morgan fingerprint density at radius 3 is 2.17 bits per heavy atom. The molecule has 0 unspecified atom stereocenters. The van der Waals surface area contributed by atoms with Crippen LogP contribution in [0.2, 0.25) is 0 Å². The van der Waals surface area contributed by atoms with Crippen molar-refractivity contribution in [2.45, 2.75) is 77.5 Å². The van der Waals surface area contributed by atoms with Crippen LogP contribution in [0.3, 0.4) is 0 Å². The van der Waals surface area contributed by atoms with Gasteiger partial charge in [0.15, 0.2) is 6.61 Å². The van der Waals surface area contributed by atoms with E-state index in [2.05, 4.69) is 4.74 Å². The van der Waals surface area contributed by atoms with E-state index in [1.54, 1.807) is 13.8 Å². The molecule has 0 radical (unpaired) electrons. The summed E-state index contributed by atoms with van der Waals surface area (Å²) in [6, 6.07) is 0. The van der Waals surface area contributed by atoms with Crippen molar-refractivity contribution < 1.29 is 32.2 Å². The largest absolute Gasteiger partial charge is 0.459 e. The highest BCUT2D eigenvalue weighted by Crippen LogP contribution is 2.39. The van der Waals surface area contributed by atoms with Gasteiger partial charge in [0.1, 0.15) is 5.60 Å². The first-order chi connectivity index (χ1) is 10.5. The van der Waals surface area contributed by atoms with Gasteiger partial charge in [0.25, 0.3) is 0 Å². The Kier molecular flexibility index (Phi) is 6.48. The molecule has 1 rings (SSSR count). The minimum atomic E-state index is -4.53. The third kappa shape index (κ3) is 6.39. The summed E-state index contributed by atoms with van der Waals surface area (Å²) in [5.74, 6) is -1.25. The number of carbonyl (C=O) groups is 2. The second-order valence-corrected chi connectivity index (χ2v) is 6.79. The predicted molar refractivity (Wildman–Crippen MR) is 77.6 cm³/mol. The van der Waals surface area contributed by atoms with E-state index in [0.717, 1.165) is 12.8 Å². The van der Waals surface area contributed by atoms with Crippen LogP contribution < -0.4 is 0 Å². The number of carbonyl (C=O) groups excluding carboxylic acids is 2. The zero-order chi connectivity index (χ0) is 17.7. The lowest BCUT2D eigenvalue weighted by atomic mass is 9.89.